The number of carbonyl (C=O) groups is 1. The van der Waals surface area contributed by atoms with Crippen molar-refractivity contribution in [1.82, 2.24) is 0 Å². The van der Waals surface area contributed by atoms with Gasteiger partial charge in [0.25, 0.3) is 0 Å². The lowest BCUT2D eigenvalue weighted by atomic mass is 10.2. The highest BCUT2D eigenvalue weighted by molar-refractivity contribution is 6.78. The molecule has 1 aromatic carbocycles. The molecule has 1 aromatic rings. The van der Waals surface area contributed by atoms with Gasteiger partial charge >= 0.3 is 0 Å². The standard InChI is InChI=1S/C18H28O2Si/c1-16(12-13-17-9-6-5-7-10-17)20-14-8-11-18(19)15-21(2,3)4/h5-7,9-10,12-13,16H,8,11,14-15H2,1-4H3/b13-12+. The van der Waals surface area contributed by atoms with Gasteiger partial charge in [0, 0.05) is 19.1 Å². The molecule has 0 spiro atoms. The van der Waals surface area contributed by atoms with E-state index in [0.29, 0.717) is 18.8 Å². The molecular formula is C18H28O2Si. The van der Waals surface area contributed by atoms with Crippen LogP contribution >= 0.6 is 0 Å². The molecule has 1 rings (SSSR count). The lowest BCUT2D eigenvalue weighted by molar-refractivity contribution is -0.117. The number of hydrogen-bond donors (Lipinski definition) is 0. The predicted octanol–water partition coefficient (Wildman–Crippen LogP) is 4.79. The van der Waals surface area contributed by atoms with Gasteiger partial charge in [0.15, 0.2) is 0 Å². The van der Waals surface area contributed by atoms with Crippen molar-refractivity contribution in [2.75, 3.05) is 6.61 Å². The highest BCUT2D eigenvalue weighted by Gasteiger charge is 2.17. The van der Waals surface area contributed by atoms with Gasteiger partial charge in [-0.1, -0.05) is 62.1 Å². The van der Waals surface area contributed by atoms with E-state index in [1.165, 1.54) is 5.56 Å². The second-order valence-corrected chi connectivity index (χ2v) is 12.2. The molecule has 2 nitrogen and oxygen atoms in total. The molecule has 0 saturated carbocycles. The van der Waals surface area contributed by atoms with E-state index >= 15 is 0 Å². The lowest BCUT2D eigenvalue weighted by Crippen LogP contribution is -2.24. The molecule has 1 unspecified atom stereocenters. The molecule has 116 valence electrons. The van der Waals surface area contributed by atoms with Gasteiger partial charge in [0.05, 0.1) is 14.2 Å². The molecule has 1 atom stereocenters. The second-order valence-electron chi connectivity index (χ2n) is 6.73. The van der Waals surface area contributed by atoms with Gasteiger partial charge in [0.1, 0.15) is 5.78 Å². The van der Waals surface area contributed by atoms with E-state index in [9.17, 15) is 4.79 Å². The number of ketones is 1. The Hall–Kier alpha value is -1.19. The third-order valence-corrected chi connectivity index (χ3v) is 4.52. The van der Waals surface area contributed by atoms with Crippen molar-refractivity contribution in [2.45, 2.75) is 51.6 Å². The van der Waals surface area contributed by atoms with Crippen molar-refractivity contribution in [3.8, 4) is 0 Å². The van der Waals surface area contributed by atoms with Crippen LogP contribution in [-0.4, -0.2) is 26.6 Å². The first kappa shape index (κ1) is 17.9. The Bertz CT molecular complexity index is 446. The maximum atomic E-state index is 11.8. The second kappa shape index (κ2) is 8.95. The van der Waals surface area contributed by atoms with E-state index in [1.54, 1.807) is 0 Å². The summed E-state index contributed by atoms with van der Waals surface area (Å²) in [6.07, 6.45) is 5.68. The van der Waals surface area contributed by atoms with Crippen LogP contribution in [0.5, 0.6) is 0 Å². The van der Waals surface area contributed by atoms with Gasteiger partial charge in [0.2, 0.25) is 0 Å². The van der Waals surface area contributed by atoms with Gasteiger partial charge in [-0.3, -0.25) is 0 Å². The molecule has 0 heterocycles. The number of ether oxygens (including phenoxy) is 1. The van der Waals surface area contributed by atoms with E-state index in [1.807, 2.05) is 25.1 Å². The third-order valence-electron chi connectivity index (χ3n) is 3.07. The molecule has 0 amide bonds. The highest BCUT2D eigenvalue weighted by atomic mass is 28.3. The van der Waals surface area contributed by atoms with Crippen LogP contribution in [0.2, 0.25) is 25.7 Å². The van der Waals surface area contributed by atoms with Crippen molar-refractivity contribution in [3.63, 3.8) is 0 Å². The maximum absolute atomic E-state index is 11.8. The molecule has 0 aliphatic carbocycles. The van der Waals surface area contributed by atoms with E-state index in [-0.39, 0.29) is 6.10 Å². The van der Waals surface area contributed by atoms with Gasteiger partial charge in [-0.15, -0.1) is 0 Å². The molecule has 3 heteroatoms. The zero-order chi connectivity index (χ0) is 15.7. The first-order valence-electron chi connectivity index (χ1n) is 7.73. The summed E-state index contributed by atoms with van der Waals surface area (Å²) < 4.78 is 5.72. The first-order valence-corrected chi connectivity index (χ1v) is 11.4. The van der Waals surface area contributed by atoms with Crippen molar-refractivity contribution < 1.29 is 9.53 Å². The SMILES string of the molecule is CC(/C=C/c1ccccc1)OCCCC(=O)C[Si](C)(C)C. The fourth-order valence-corrected chi connectivity index (χ4v) is 3.44. The van der Waals surface area contributed by atoms with E-state index in [2.05, 4.69) is 43.9 Å². The zero-order valence-electron chi connectivity index (χ0n) is 13.8. The summed E-state index contributed by atoms with van der Waals surface area (Å²) in [5, 5.41) is 0. The molecule has 0 fully saturated rings. The Morgan fingerprint density at radius 1 is 1.24 bits per heavy atom. The summed E-state index contributed by atoms with van der Waals surface area (Å²) in [5.74, 6) is 0.394. The van der Waals surface area contributed by atoms with Gasteiger partial charge in [-0.25, -0.2) is 0 Å². The number of rotatable bonds is 9. The van der Waals surface area contributed by atoms with Crippen molar-refractivity contribution in [1.29, 1.82) is 0 Å². The molecule has 0 saturated heterocycles. The first-order chi connectivity index (χ1) is 9.87. The summed E-state index contributed by atoms with van der Waals surface area (Å²) in [6.45, 7) is 9.38. The van der Waals surface area contributed by atoms with Crippen molar-refractivity contribution in [3.05, 3.63) is 42.0 Å². The molecule has 0 bridgehead atoms. The minimum absolute atomic E-state index is 0.0808. The number of hydrogen-bond acceptors (Lipinski definition) is 2. The summed E-state index contributed by atoms with van der Waals surface area (Å²) in [5.41, 5.74) is 1.18. The minimum atomic E-state index is -1.25. The van der Waals surface area contributed by atoms with Crippen LogP contribution < -0.4 is 0 Å². The Morgan fingerprint density at radius 2 is 1.90 bits per heavy atom. The fraction of sp³-hybridized carbons (Fsp3) is 0.500. The summed E-state index contributed by atoms with van der Waals surface area (Å²) in [4.78, 5) is 11.8. The average Bonchev–Trinajstić information content (AvgIpc) is 2.40. The average molecular weight is 305 g/mol. The van der Waals surface area contributed by atoms with E-state index in [4.69, 9.17) is 4.74 Å². The Balaban J connectivity index is 2.18. The van der Waals surface area contributed by atoms with Crippen molar-refractivity contribution in [2.24, 2.45) is 0 Å². The van der Waals surface area contributed by atoms with Crippen LogP contribution in [0.15, 0.2) is 36.4 Å². The Morgan fingerprint density at radius 3 is 2.52 bits per heavy atom. The Labute approximate surface area is 130 Å². The van der Waals surface area contributed by atoms with Crippen LogP contribution in [0.25, 0.3) is 6.08 Å². The van der Waals surface area contributed by atoms with Crippen LogP contribution in [-0.2, 0) is 9.53 Å². The Kier molecular flexibility index (Phi) is 7.61. The van der Waals surface area contributed by atoms with Crippen LogP contribution in [0.3, 0.4) is 0 Å². The lowest BCUT2D eigenvalue weighted by Gasteiger charge is -2.14. The van der Waals surface area contributed by atoms with E-state index < -0.39 is 8.07 Å². The van der Waals surface area contributed by atoms with Crippen LogP contribution in [0.4, 0.5) is 0 Å². The minimum Gasteiger partial charge on any atom is -0.374 e. The van der Waals surface area contributed by atoms with Crippen LogP contribution in [0, 0.1) is 0 Å². The predicted molar refractivity (Wildman–Crippen MR) is 93.3 cm³/mol. The highest BCUT2D eigenvalue weighted by Crippen LogP contribution is 2.11. The molecule has 0 aromatic heterocycles. The van der Waals surface area contributed by atoms with Gasteiger partial charge in [-0.2, -0.15) is 0 Å². The maximum Gasteiger partial charge on any atom is 0.130 e. The summed E-state index contributed by atoms with van der Waals surface area (Å²) in [6, 6.07) is 11.0. The quantitative estimate of drug-likeness (QED) is 0.484. The normalized spacial score (nSPS) is 13.5. The number of Topliss-reactive ketones (excluding diaryl/α,β-unsaturated/α-hetero) is 1. The molecule has 0 aliphatic heterocycles. The summed E-state index contributed by atoms with van der Waals surface area (Å²) >= 11 is 0. The monoisotopic (exact) mass is 304 g/mol. The fourth-order valence-electron chi connectivity index (χ4n) is 2.08. The topological polar surface area (TPSA) is 26.3 Å². The molecule has 0 N–H and O–H groups in total. The molecular weight excluding hydrogens is 276 g/mol. The van der Waals surface area contributed by atoms with Crippen LogP contribution in [0.1, 0.15) is 25.3 Å². The zero-order valence-corrected chi connectivity index (χ0v) is 14.8. The molecule has 21 heavy (non-hydrogen) atoms. The molecule has 0 aliphatic rings. The smallest absolute Gasteiger partial charge is 0.130 e. The van der Waals surface area contributed by atoms with E-state index in [0.717, 1.165) is 12.5 Å². The summed E-state index contributed by atoms with van der Waals surface area (Å²) in [7, 11) is -1.25. The van der Waals surface area contributed by atoms with Gasteiger partial charge in [-0.05, 0) is 18.9 Å². The van der Waals surface area contributed by atoms with Crippen molar-refractivity contribution >= 4 is 19.9 Å². The number of carbonyl (C=O) groups excluding carboxylic acids is 1. The van der Waals surface area contributed by atoms with Gasteiger partial charge < -0.3 is 9.53 Å². The molecule has 0 radical (unpaired) electrons. The third kappa shape index (κ3) is 9.37. The largest absolute Gasteiger partial charge is 0.374 e. The number of benzene rings is 1.